The molecule has 24 heavy (non-hydrogen) atoms. The molecule has 3 aliphatic rings. The molecule has 2 aromatic heterocycles. The highest BCUT2D eigenvalue weighted by Gasteiger charge is 2.49. The number of hydrogen-bond donors (Lipinski definition) is 1. The third-order valence-corrected chi connectivity index (χ3v) is 6.00. The fraction of sp³-hybridized carbons (Fsp3) is 0.471. The van der Waals surface area contributed by atoms with Crippen LogP contribution in [0.3, 0.4) is 0 Å². The molecule has 1 saturated carbocycles. The number of aromatic nitrogens is 3. The van der Waals surface area contributed by atoms with E-state index in [1.54, 1.807) is 16.8 Å². The molecule has 7 heteroatoms. The van der Waals surface area contributed by atoms with Crippen LogP contribution in [0.1, 0.15) is 6.42 Å². The number of fused-ring (bicyclic) bond motifs is 6. The van der Waals surface area contributed by atoms with Crippen molar-refractivity contribution in [2.75, 3.05) is 18.0 Å². The second-order valence-corrected chi connectivity index (χ2v) is 7.41. The van der Waals surface area contributed by atoms with Crippen molar-refractivity contribution in [2.24, 2.45) is 23.7 Å². The van der Waals surface area contributed by atoms with Gasteiger partial charge in [0.25, 0.3) is 0 Å². The van der Waals surface area contributed by atoms with Crippen molar-refractivity contribution >= 4 is 34.4 Å². The molecule has 6 nitrogen and oxygen atoms in total. The molecule has 0 radical (unpaired) electrons. The highest BCUT2D eigenvalue weighted by molar-refractivity contribution is 6.28. The van der Waals surface area contributed by atoms with Gasteiger partial charge in [-0.05, 0) is 47.8 Å². The fourth-order valence-electron chi connectivity index (χ4n) is 4.88. The first-order valence-corrected chi connectivity index (χ1v) is 8.65. The minimum Gasteiger partial charge on any atom is -0.480 e. The average molecular weight is 345 g/mol. The Balaban J connectivity index is 1.57. The summed E-state index contributed by atoms with van der Waals surface area (Å²) in [6.45, 7) is 1.81. The molecule has 2 bridgehead atoms. The van der Waals surface area contributed by atoms with Crippen molar-refractivity contribution in [3.8, 4) is 0 Å². The van der Waals surface area contributed by atoms with Gasteiger partial charge in [0.2, 0.25) is 5.28 Å². The molecule has 3 heterocycles. The van der Waals surface area contributed by atoms with Gasteiger partial charge in [-0.25, -0.2) is 4.98 Å². The van der Waals surface area contributed by atoms with Gasteiger partial charge in [-0.2, -0.15) is 4.98 Å². The molecule has 2 unspecified atom stereocenters. The predicted molar refractivity (Wildman–Crippen MR) is 90.1 cm³/mol. The molecule has 1 saturated heterocycles. The molecule has 0 amide bonds. The number of aliphatic carboxylic acids is 1. The van der Waals surface area contributed by atoms with Gasteiger partial charge in [0, 0.05) is 19.3 Å². The van der Waals surface area contributed by atoms with Gasteiger partial charge in [-0.15, -0.1) is 0 Å². The van der Waals surface area contributed by atoms with E-state index >= 15 is 0 Å². The maximum Gasteiger partial charge on any atom is 0.323 e. The number of carboxylic acids is 1. The Hall–Kier alpha value is -2.08. The van der Waals surface area contributed by atoms with Gasteiger partial charge < -0.3 is 14.6 Å². The van der Waals surface area contributed by atoms with Crippen molar-refractivity contribution in [3.63, 3.8) is 0 Å². The third-order valence-electron chi connectivity index (χ3n) is 5.83. The topological polar surface area (TPSA) is 71.2 Å². The molecule has 0 aromatic carbocycles. The summed E-state index contributed by atoms with van der Waals surface area (Å²) in [5, 5.41) is 9.37. The maximum absolute atomic E-state index is 11.2. The zero-order valence-electron chi connectivity index (χ0n) is 13.0. The summed E-state index contributed by atoms with van der Waals surface area (Å²) in [4.78, 5) is 22.1. The second-order valence-electron chi connectivity index (χ2n) is 7.07. The van der Waals surface area contributed by atoms with Gasteiger partial charge >= 0.3 is 5.97 Å². The first-order valence-electron chi connectivity index (χ1n) is 8.27. The minimum absolute atomic E-state index is 0.102. The minimum atomic E-state index is -0.881. The Bertz CT molecular complexity index is 857. The Morgan fingerprint density at radius 2 is 1.96 bits per heavy atom. The largest absolute Gasteiger partial charge is 0.480 e. The van der Waals surface area contributed by atoms with Crippen molar-refractivity contribution < 1.29 is 9.90 Å². The zero-order valence-corrected chi connectivity index (χ0v) is 13.7. The number of carboxylic acid groups (broad SMARTS) is 1. The Morgan fingerprint density at radius 3 is 2.62 bits per heavy atom. The molecule has 2 aromatic rings. The number of carbonyl (C=O) groups is 1. The number of halogens is 1. The fourth-order valence-corrected chi connectivity index (χ4v) is 5.05. The van der Waals surface area contributed by atoms with Crippen LogP contribution in [0.15, 0.2) is 24.4 Å². The molecular formula is C17H17ClN4O2. The molecule has 4 atom stereocenters. The number of nitrogens with zero attached hydrogens (tertiary/aromatic N) is 4. The van der Waals surface area contributed by atoms with E-state index in [4.69, 9.17) is 16.7 Å². The van der Waals surface area contributed by atoms with Crippen molar-refractivity contribution in [1.29, 1.82) is 0 Å². The Kier molecular flexibility index (Phi) is 2.95. The van der Waals surface area contributed by atoms with E-state index in [2.05, 4.69) is 27.0 Å². The maximum atomic E-state index is 11.2. The first kappa shape index (κ1) is 14.3. The molecule has 124 valence electrons. The summed E-state index contributed by atoms with van der Waals surface area (Å²) in [5.41, 5.74) is 1.46. The van der Waals surface area contributed by atoms with Crippen LogP contribution in [-0.4, -0.2) is 38.7 Å². The average Bonchev–Trinajstić information content (AvgIpc) is 3.27. The molecular weight excluding hydrogens is 328 g/mol. The van der Waals surface area contributed by atoms with Gasteiger partial charge in [-0.1, -0.05) is 12.2 Å². The molecule has 0 spiro atoms. The monoisotopic (exact) mass is 344 g/mol. The Morgan fingerprint density at radius 1 is 1.25 bits per heavy atom. The van der Waals surface area contributed by atoms with E-state index in [0.717, 1.165) is 24.4 Å². The molecule has 5 rings (SSSR count). The van der Waals surface area contributed by atoms with Gasteiger partial charge in [-0.3, -0.25) is 4.79 Å². The normalized spacial score (nSPS) is 30.5. The summed E-state index contributed by atoms with van der Waals surface area (Å²) in [5.74, 6) is 2.60. The van der Waals surface area contributed by atoms with Gasteiger partial charge in [0.05, 0.1) is 5.52 Å². The Labute approximate surface area is 143 Å². The summed E-state index contributed by atoms with van der Waals surface area (Å²) in [7, 11) is 0. The van der Waals surface area contributed by atoms with Crippen molar-refractivity contribution in [1.82, 2.24) is 14.5 Å². The van der Waals surface area contributed by atoms with Gasteiger partial charge in [0.1, 0.15) is 12.1 Å². The van der Waals surface area contributed by atoms with Crippen LogP contribution >= 0.6 is 11.6 Å². The lowest BCUT2D eigenvalue weighted by atomic mass is 9.86. The second kappa shape index (κ2) is 4.96. The van der Waals surface area contributed by atoms with E-state index in [1.165, 1.54) is 6.42 Å². The van der Waals surface area contributed by atoms with Crippen molar-refractivity contribution in [2.45, 2.75) is 13.0 Å². The number of anilines is 1. The number of rotatable bonds is 3. The lowest BCUT2D eigenvalue weighted by Crippen LogP contribution is -2.24. The van der Waals surface area contributed by atoms with E-state index in [1.807, 2.05) is 0 Å². The lowest BCUT2D eigenvalue weighted by Gasteiger charge is -2.21. The highest BCUT2D eigenvalue weighted by atomic mass is 35.5. The van der Waals surface area contributed by atoms with E-state index in [9.17, 15) is 4.79 Å². The number of allylic oxidation sites excluding steroid dienone is 2. The zero-order chi connectivity index (χ0) is 16.4. The van der Waals surface area contributed by atoms with Crippen LogP contribution in [0, 0.1) is 23.7 Å². The summed E-state index contributed by atoms with van der Waals surface area (Å²) in [6.07, 6.45) is 7.77. The van der Waals surface area contributed by atoms with Crippen LogP contribution in [0.25, 0.3) is 11.0 Å². The van der Waals surface area contributed by atoms with Crippen LogP contribution in [-0.2, 0) is 11.3 Å². The quantitative estimate of drug-likeness (QED) is 0.684. The van der Waals surface area contributed by atoms with E-state index < -0.39 is 5.97 Å². The summed E-state index contributed by atoms with van der Waals surface area (Å²) in [6, 6.07) is 1.80. The summed E-state index contributed by atoms with van der Waals surface area (Å²) < 4.78 is 1.70. The lowest BCUT2D eigenvalue weighted by molar-refractivity contribution is -0.137. The molecule has 1 aliphatic heterocycles. The van der Waals surface area contributed by atoms with Crippen LogP contribution < -0.4 is 4.90 Å². The SMILES string of the molecule is O=C(O)Cn1ccc2nc(Cl)nc(N3C[C@@H]4C5C=CC(C5)[C@@H]4C3)c21. The third kappa shape index (κ3) is 1.99. The van der Waals surface area contributed by atoms with Crippen LogP contribution in [0.4, 0.5) is 5.82 Å². The molecule has 1 N–H and O–H groups in total. The van der Waals surface area contributed by atoms with E-state index in [0.29, 0.717) is 29.2 Å². The van der Waals surface area contributed by atoms with Crippen LogP contribution in [0.2, 0.25) is 5.28 Å². The van der Waals surface area contributed by atoms with E-state index in [-0.39, 0.29) is 11.8 Å². The van der Waals surface area contributed by atoms with Crippen molar-refractivity contribution in [3.05, 3.63) is 29.7 Å². The standard InChI is InChI=1S/C17H17ClN4O2/c18-17-19-13-3-4-21(8-14(23)24)15(13)16(20-17)22-6-11-9-1-2-10(5-9)12(11)7-22/h1-4,9-12H,5-8H2,(H,23,24)/t9?,10?,11-,12+. The van der Waals surface area contributed by atoms with Crippen LogP contribution in [0.5, 0.6) is 0 Å². The van der Waals surface area contributed by atoms with Gasteiger partial charge in [0.15, 0.2) is 5.82 Å². The predicted octanol–water partition coefficient (Wildman–Crippen LogP) is 2.43. The summed E-state index contributed by atoms with van der Waals surface area (Å²) >= 11 is 6.12. The first-order chi connectivity index (χ1) is 11.6. The molecule has 2 aliphatic carbocycles. The highest BCUT2D eigenvalue weighted by Crippen LogP contribution is 2.52. The smallest absolute Gasteiger partial charge is 0.323 e. The molecule has 2 fully saturated rings. The number of hydrogen-bond acceptors (Lipinski definition) is 4.